The summed E-state index contributed by atoms with van der Waals surface area (Å²) in [5.41, 5.74) is 9.13. The second-order valence-electron chi connectivity index (χ2n) is 7.69. The van der Waals surface area contributed by atoms with Gasteiger partial charge in [-0.1, -0.05) is 12.1 Å². The van der Waals surface area contributed by atoms with Gasteiger partial charge in [-0.2, -0.15) is 0 Å². The number of nitrogen functional groups attached to an aromatic ring is 1. The molecule has 2 aromatic rings. The molecular weight excluding hydrogens is 356 g/mol. The summed E-state index contributed by atoms with van der Waals surface area (Å²) in [6, 6.07) is 8.15. The van der Waals surface area contributed by atoms with Crippen molar-refractivity contribution in [3.8, 4) is 0 Å². The van der Waals surface area contributed by atoms with Gasteiger partial charge >= 0.3 is 5.97 Å². The number of carboxylic acids is 1. The number of rotatable bonds is 4. The van der Waals surface area contributed by atoms with Crippen molar-refractivity contribution >= 4 is 23.4 Å². The average Bonchev–Trinajstić information content (AvgIpc) is 2.69. The van der Waals surface area contributed by atoms with Crippen molar-refractivity contribution in [1.82, 2.24) is 9.97 Å². The number of carbonyl (C=O) groups excluding carboxylic acids is 1. The topological polar surface area (TPSA) is 109 Å². The molecule has 2 heterocycles. The fourth-order valence-corrected chi connectivity index (χ4v) is 4.43. The Morgan fingerprint density at radius 3 is 2.54 bits per heavy atom. The van der Waals surface area contributed by atoms with Gasteiger partial charge in [-0.15, -0.1) is 0 Å². The fraction of sp³-hybridized carbons (Fsp3) is 0.429. The van der Waals surface area contributed by atoms with Crippen LogP contribution >= 0.6 is 0 Å². The van der Waals surface area contributed by atoms with Gasteiger partial charge < -0.3 is 15.7 Å². The van der Waals surface area contributed by atoms with Gasteiger partial charge in [0.05, 0.1) is 5.69 Å². The SMILES string of the molecule is Nc1ncnc2c1C(=O)N(c1ccc([C@H]3CC[C@H](CC(=O)O)CC3)cc1)CC2. The molecule has 3 N–H and O–H groups in total. The van der Waals surface area contributed by atoms with Crippen LogP contribution in [0.1, 0.15) is 59.6 Å². The summed E-state index contributed by atoms with van der Waals surface area (Å²) in [7, 11) is 0. The zero-order chi connectivity index (χ0) is 19.7. The molecule has 1 amide bonds. The Labute approximate surface area is 163 Å². The predicted octanol–water partition coefficient (Wildman–Crippen LogP) is 3.01. The van der Waals surface area contributed by atoms with Gasteiger partial charge in [0.25, 0.3) is 5.91 Å². The van der Waals surface area contributed by atoms with Crippen LogP contribution in [-0.2, 0) is 11.2 Å². The zero-order valence-electron chi connectivity index (χ0n) is 15.7. The van der Waals surface area contributed by atoms with Crippen LogP contribution in [0, 0.1) is 5.92 Å². The van der Waals surface area contributed by atoms with Crippen LogP contribution in [-0.4, -0.2) is 33.5 Å². The van der Waals surface area contributed by atoms with Gasteiger partial charge in [-0.05, 0) is 55.2 Å². The van der Waals surface area contributed by atoms with Crippen LogP contribution in [0.2, 0.25) is 0 Å². The Morgan fingerprint density at radius 1 is 1.14 bits per heavy atom. The number of amides is 1. The third-order valence-electron chi connectivity index (χ3n) is 5.97. The van der Waals surface area contributed by atoms with Crippen LogP contribution in [0.15, 0.2) is 30.6 Å². The van der Waals surface area contributed by atoms with Crippen molar-refractivity contribution in [1.29, 1.82) is 0 Å². The van der Waals surface area contributed by atoms with E-state index >= 15 is 0 Å². The van der Waals surface area contributed by atoms with Crippen molar-refractivity contribution in [2.75, 3.05) is 17.2 Å². The summed E-state index contributed by atoms with van der Waals surface area (Å²) in [5.74, 6) is 0.134. The normalized spacial score (nSPS) is 22.0. The average molecular weight is 380 g/mol. The van der Waals surface area contributed by atoms with E-state index in [1.54, 1.807) is 4.90 Å². The van der Waals surface area contributed by atoms with E-state index in [0.717, 1.165) is 31.4 Å². The quantitative estimate of drug-likeness (QED) is 0.844. The van der Waals surface area contributed by atoms with Crippen molar-refractivity contribution in [2.45, 2.75) is 44.4 Å². The first kappa shape index (κ1) is 18.4. The smallest absolute Gasteiger partial charge is 0.303 e. The lowest BCUT2D eigenvalue weighted by Gasteiger charge is -2.30. The molecule has 0 unspecified atom stereocenters. The lowest BCUT2D eigenvalue weighted by atomic mass is 9.77. The third-order valence-corrected chi connectivity index (χ3v) is 5.97. The van der Waals surface area contributed by atoms with Crippen LogP contribution in [0.25, 0.3) is 0 Å². The molecule has 1 aliphatic carbocycles. The molecule has 0 spiro atoms. The first-order valence-electron chi connectivity index (χ1n) is 9.76. The van der Waals surface area contributed by atoms with Gasteiger partial charge in [-0.25, -0.2) is 9.97 Å². The Morgan fingerprint density at radius 2 is 1.86 bits per heavy atom. The molecule has 1 saturated carbocycles. The summed E-state index contributed by atoms with van der Waals surface area (Å²) in [6.07, 6.45) is 6.28. The van der Waals surface area contributed by atoms with E-state index in [1.165, 1.54) is 11.9 Å². The lowest BCUT2D eigenvalue weighted by molar-refractivity contribution is -0.138. The molecule has 0 radical (unpaired) electrons. The number of nitrogens with two attached hydrogens (primary N) is 1. The fourth-order valence-electron chi connectivity index (χ4n) is 4.43. The maximum atomic E-state index is 12.9. The number of nitrogens with zero attached hydrogens (tertiary/aromatic N) is 3. The van der Waals surface area contributed by atoms with Gasteiger partial charge in [0.1, 0.15) is 17.7 Å². The maximum absolute atomic E-state index is 12.9. The third kappa shape index (κ3) is 3.56. The highest BCUT2D eigenvalue weighted by Gasteiger charge is 2.29. The van der Waals surface area contributed by atoms with Crippen LogP contribution < -0.4 is 10.6 Å². The largest absolute Gasteiger partial charge is 0.481 e. The summed E-state index contributed by atoms with van der Waals surface area (Å²) >= 11 is 0. The summed E-state index contributed by atoms with van der Waals surface area (Å²) in [5, 5.41) is 8.96. The highest BCUT2D eigenvalue weighted by atomic mass is 16.4. The molecule has 7 nitrogen and oxygen atoms in total. The molecule has 1 aromatic heterocycles. The minimum Gasteiger partial charge on any atom is -0.481 e. The molecule has 1 aromatic carbocycles. The number of aromatic nitrogens is 2. The highest BCUT2D eigenvalue weighted by molar-refractivity contribution is 6.10. The van der Waals surface area contributed by atoms with Crippen LogP contribution in [0.5, 0.6) is 0 Å². The first-order chi connectivity index (χ1) is 13.5. The number of anilines is 2. The Kier molecular flexibility index (Phi) is 4.98. The summed E-state index contributed by atoms with van der Waals surface area (Å²) in [4.78, 5) is 33.6. The molecule has 7 heteroatoms. The van der Waals surface area contributed by atoms with E-state index in [9.17, 15) is 9.59 Å². The maximum Gasteiger partial charge on any atom is 0.303 e. The number of benzene rings is 1. The molecule has 28 heavy (non-hydrogen) atoms. The van der Waals surface area contributed by atoms with E-state index in [4.69, 9.17) is 10.8 Å². The van der Waals surface area contributed by atoms with E-state index in [0.29, 0.717) is 36.1 Å². The summed E-state index contributed by atoms with van der Waals surface area (Å²) < 4.78 is 0. The van der Waals surface area contributed by atoms with Crippen molar-refractivity contribution in [2.24, 2.45) is 5.92 Å². The molecule has 2 aliphatic rings. The number of carboxylic acid groups (broad SMARTS) is 1. The number of carbonyl (C=O) groups is 2. The number of hydrogen-bond acceptors (Lipinski definition) is 5. The van der Waals surface area contributed by atoms with E-state index in [2.05, 4.69) is 22.1 Å². The lowest BCUT2D eigenvalue weighted by Crippen LogP contribution is -2.39. The Balaban J connectivity index is 1.45. The minimum atomic E-state index is -0.702. The molecule has 146 valence electrons. The van der Waals surface area contributed by atoms with E-state index in [-0.39, 0.29) is 18.1 Å². The molecular formula is C21H24N4O3. The number of hydrogen-bond donors (Lipinski definition) is 2. The summed E-state index contributed by atoms with van der Waals surface area (Å²) in [6.45, 7) is 0.571. The molecule has 1 fully saturated rings. The van der Waals surface area contributed by atoms with Crippen molar-refractivity contribution in [3.05, 3.63) is 47.4 Å². The van der Waals surface area contributed by atoms with E-state index < -0.39 is 5.97 Å². The molecule has 0 bridgehead atoms. The van der Waals surface area contributed by atoms with Gasteiger partial charge in [0.15, 0.2) is 0 Å². The molecule has 1 aliphatic heterocycles. The Bertz CT molecular complexity index is 889. The number of aliphatic carboxylic acids is 1. The van der Waals surface area contributed by atoms with Gasteiger partial charge in [0, 0.05) is 25.1 Å². The second kappa shape index (κ2) is 7.58. The minimum absolute atomic E-state index is 0.152. The second-order valence-corrected chi connectivity index (χ2v) is 7.69. The first-order valence-corrected chi connectivity index (χ1v) is 9.76. The predicted molar refractivity (Wildman–Crippen MR) is 105 cm³/mol. The standard InChI is InChI=1S/C21H24N4O3/c22-20-19-17(23-12-24-20)9-10-25(21(19)28)16-7-5-15(6-8-16)14-3-1-13(2-4-14)11-18(26)27/h5-8,12-14H,1-4,9-11H2,(H,26,27)(H2,22,23,24)/t13-,14-. The van der Waals surface area contributed by atoms with Crippen LogP contribution in [0.4, 0.5) is 11.5 Å². The monoisotopic (exact) mass is 380 g/mol. The molecule has 0 saturated heterocycles. The Hall–Kier alpha value is -2.96. The van der Waals surface area contributed by atoms with Crippen LogP contribution in [0.3, 0.4) is 0 Å². The van der Waals surface area contributed by atoms with Crippen molar-refractivity contribution < 1.29 is 14.7 Å². The molecule has 0 atom stereocenters. The van der Waals surface area contributed by atoms with Crippen molar-refractivity contribution in [3.63, 3.8) is 0 Å². The van der Waals surface area contributed by atoms with E-state index in [1.807, 2.05) is 12.1 Å². The van der Waals surface area contributed by atoms with Gasteiger partial charge in [-0.3, -0.25) is 9.59 Å². The van der Waals surface area contributed by atoms with Gasteiger partial charge in [0.2, 0.25) is 0 Å². The zero-order valence-corrected chi connectivity index (χ0v) is 15.7. The molecule has 4 rings (SSSR count). The highest BCUT2D eigenvalue weighted by Crippen LogP contribution is 2.37. The number of fused-ring (bicyclic) bond motifs is 1.